The topological polar surface area (TPSA) is 99.4 Å². The molecule has 5 aliphatic rings. The van der Waals surface area contributed by atoms with E-state index in [9.17, 15) is 20.4 Å². The molecule has 238 valence electrons. The summed E-state index contributed by atoms with van der Waals surface area (Å²) in [6.07, 6.45) is 9.34. The van der Waals surface area contributed by atoms with Crippen LogP contribution in [0.2, 0.25) is 0 Å². The third-order valence-electron chi connectivity index (χ3n) is 14.0. The summed E-state index contributed by atoms with van der Waals surface area (Å²) >= 11 is 0. The van der Waals surface area contributed by atoms with Crippen molar-refractivity contribution in [1.82, 2.24) is 0 Å². The fourth-order valence-electron chi connectivity index (χ4n) is 11.4. The minimum atomic E-state index is -1.38. The molecule has 0 aromatic rings. The van der Waals surface area contributed by atoms with Gasteiger partial charge in [0.05, 0.1) is 12.7 Å². The SMILES string of the molecule is CCC(CCC(C)C1CCC2C3CCC4CC(OC5OC(CO)C(O)C(O)C5O)CCC4(C)C3CCC12C)C(C)C. The maximum absolute atomic E-state index is 10.5. The molecule has 0 amide bonds. The third kappa shape index (κ3) is 5.81. The Morgan fingerprint density at radius 2 is 1.54 bits per heavy atom. The zero-order valence-electron chi connectivity index (χ0n) is 26.9. The van der Waals surface area contributed by atoms with Crippen LogP contribution in [0.1, 0.15) is 119 Å². The molecular formula is C35H62O6. The summed E-state index contributed by atoms with van der Waals surface area (Å²) in [6, 6.07) is 0. The Bertz CT molecular complexity index is 864. The molecule has 0 aromatic carbocycles. The lowest BCUT2D eigenvalue weighted by molar-refractivity contribution is -0.316. The van der Waals surface area contributed by atoms with Gasteiger partial charge in [0.25, 0.3) is 0 Å². The van der Waals surface area contributed by atoms with Gasteiger partial charge in [-0.15, -0.1) is 0 Å². The molecule has 6 heteroatoms. The number of aliphatic hydroxyl groups is 4. The second kappa shape index (κ2) is 12.6. The molecule has 4 aliphatic carbocycles. The first-order valence-electron chi connectivity index (χ1n) is 17.4. The highest BCUT2D eigenvalue weighted by atomic mass is 16.7. The lowest BCUT2D eigenvalue weighted by Crippen LogP contribution is -2.60. The minimum Gasteiger partial charge on any atom is -0.394 e. The van der Waals surface area contributed by atoms with Gasteiger partial charge in [0.15, 0.2) is 6.29 Å². The van der Waals surface area contributed by atoms with Gasteiger partial charge < -0.3 is 29.9 Å². The van der Waals surface area contributed by atoms with Gasteiger partial charge in [-0.3, -0.25) is 0 Å². The van der Waals surface area contributed by atoms with Crippen molar-refractivity contribution in [3.05, 3.63) is 0 Å². The lowest BCUT2D eigenvalue weighted by Gasteiger charge is -2.61. The van der Waals surface area contributed by atoms with Crippen LogP contribution in [0.4, 0.5) is 0 Å². The van der Waals surface area contributed by atoms with Crippen LogP contribution >= 0.6 is 0 Å². The van der Waals surface area contributed by atoms with E-state index in [2.05, 4.69) is 41.5 Å². The Labute approximate surface area is 250 Å². The summed E-state index contributed by atoms with van der Waals surface area (Å²) in [5.41, 5.74) is 0.849. The van der Waals surface area contributed by atoms with Gasteiger partial charge >= 0.3 is 0 Å². The van der Waals surface area contributed by atoms with Crippen molar-refractivity contribution < 1.29 is 29.9 Å². The van der Waals surface area contributed by atoms with E-state index >= 15 is 0 Å². The Kier molecular flexibility index (Phi) is 9.91. The molecule has 5 rings (SSSR count). The van der Waals surface area contributed by atoms with E-state index in [1.54, 1.807) is 0 Å². The zero-order chi connectivity index (χ0) is 29.7. The molecule has 5 fully saturated rings. The highest BCUT2D eigenvalue weighted by Crippen LogP contribution is 2.68. The maximum atomic E-state index is 10.5. The molecule has 6 nitrogen and oxygen atoms in total. The molecule has 0 aromatic heterocycles. The highest BCUT2D eigenvalue weighted by molar-refractivity contribution is 5.10. The summed E-state index contributed by atoms with van der Waals surface area (Å²) in [5.74, 6) is 6.51. The van der Waals surface area contributed by atoms with Crippen LogP contribution in [-0.2, 0) is 9.47 Å². The van der Waals surface area contributed by atoms with Crippen LogP contribution in [0.25, 0.3) is 0 Å². The summed E-state index contributed by atoms with van der Waals surface area (Å²) < 4.78 is 11.9. The van der Waals surface area contributed by atoms with Crippen molar-refractivity contribution in [3.8, 4) is 0 Å². The van der Waals surface area contributed by atoms with Gasteiger partial charge in [0.2, 0.25) is 0 Å². The number of rotatable bonds is 9. The van der Waals surface area contributed by atoms with E-state index < -0.39 is 37.3 Å². The number of ether oxygens (including phenoxy) is 2. The predicted molar refractivity (Wildman–Crippen MR) is 161 cm³/mol. The molecule has 41 heavy (non-hydrogen) atoms. The largest absolute Gasteiger partial charge is 0.394 e. The normalized spacial score (nSPS) is 49.7. The standard InChI is InChI=1S/C35H62O6/c1-7-22(20(2)3)9-8-21(4)26-12-13-27-25-11-10-23-18-24(14-16-34(23,5)28(25)15-17-35(26,27)6)40-33-32(39)31(38)30(37)29(19-36)41-33/h20-33,36-39H,7-19H2,1-6H3. The molecule has 15 atom stereocenters. The van der Waals surface area contributed by atoms with Crippen molar-refractivity contribution >= 4 is 0 Å². The van der Waals surface area contributed by atoms with Crippen LogP contribution in [0.3, 0.4) is 0 Å². The monoisotopic (exact) mass is 578 g/mol. The Morgan fingerprint density at radius 1 is 0.829 bits per heavy atom. The molecule has 4 N–H and O–H groups in total. The van der Waals surface area contributed by atoms with E-state index in [4.69, 9.17) is 9.47 Å². The van der Waals surface area contributed by atoms with E-state index in [0.29, 0.717) is 16.7 Å². The molecule has 1 heterocycles. The minimum absolute atomic E-state index is 0.0330. The van der Waals surface area contributed by atoms with Gasteiger partial charge in [0, 0.05) is 0 Å². The third-order valence-corrected chi connectivity index (χ3v) is 14.0. The predicted octanol–water partition coefficient (Wildman–Crippen LogP) is 5.93. The van der Waals surface area contributed by atoms with E-state index in [0.717, 1.165) is 60.7 Å². The van der Waals surface area contributed by atoms with Gasteiger partial charge in [0.1, 0.15) is 24.4 Å². The lowest BCUT2D eigenvalue weighted by atomic mass is 9.44. The van der Waals surface area contributed by atoms with E-state index in [1.807, 2.05) is 0 Å². The van der Waals surface area contributed by atoms with Gasteiger partial charge in [-0.25, -0.2) is 0 Å². The number of hydrogen-bond donors (Lipinski definition) is 4. The van der Waals surface area contributed by atoms with Crippen molar-refractivity contribution in [2.24, 2.45) is 58.2 Å². The maximum Gasteiger partial charge on any atom is 0.186 e. The first-order valence-corrected chi connectivity index (χ1v) is 17.4. The fourth-order valence-corrected chi connectivity index (χ4v) is 11.4. The Morgan fingerprint density at radius 3 is 2.22 bits per heavy atom. The molecule has 1 aliphatic heterocycles. The molecule has 1 saturated heterocycles. The second-order valence-electron chi connectivity index (χ2n) is 16.1. The van der Waals surface area contributed by atoms with Gasteiger partial charge in [-0.05, 0) is 122 Å². The number of fused-ring (bicyclic) bond motifs is 5. The van der Waals surface area contributed by atoms with Gasteiger partial charge in [-0.1, -0.05) is 54.4 Å². The molecule has 0 radical (unpaired) electrons. The van der Waals surface area contributed by atoms with Crippen LogP contribution in [0.15, 0.2) is 0 Å². The first kappa shape index (κ1) is 32.2. The highest BCUT2D eigenvalue weighted by Gasteiger charge is 2.61. The number of aliphatic hydroxyl groups excluding tert-OH is 4. The second-order valence-corrected chi connectivity index (χ2v) is 16.1. The molecule has 0 spiro atoms. The Balaban J connectivity index is 1.20. The summed E-state index contributed by atoms with van der Waals surface area (Å²) in [6.45, 7) is 14.6. The number of hydrogen-bond acceptors (Lipinski definition) is 6. The van der Waals surface area contributed by atoms with Crippen LogP contribution in [0, 0.1) is 58.2 Å². The Hall–Kier alpha value is -0.240. The van der Waals surface area contributed by atoms with Crippen molar-refractivity contribution in [3.63, 3.8) is 0 Å². The van der Waals surface area contributed by atoms with Crippen molar-refractivity contribution in [1.29, 1.82) is 0 Å². The summed E-state index contributed by atoms with van der Waals surface area (Å²) in [4.78, 5) is 0. The van der Waals surface area contributed by atoms with Crippen LogP contribution in [0.5, 0.6) is 0 Å². The van der Waals surface area contributed by atoms with Gasteiger partial charge in [-0.2, -0.15) is 0 Å². The molecular weight excluding hydrogens is 516 g/mol. The average molecular weight is 579 g/mol. The molecule has 0 bridgehead atoms. The van der Waals surface area contributed by atoms with E-state index in [-0.39, 0.29) is 6.10 Å². The summed E-state index contributed by atoms with van der Waals surface area (Å²) in [5, 5.41) is 40.4. The molecule has 4 saturated carbocycles. The van der Waals surface area contributed by atoms with Crippen molar-refractivity contribution in [2.75, 3.05) is 6.61 Å². The average Bonchev–Trinajstić information content (AvgIpc) is 3.30. The summed E-state index contributed by atoms with van der Waals surface area (Å²) in [7, 11) is 0. The fraction of sp³-hybridized carbons (Fsp3) is 1.00. The quantitative estimate of drug-likeness (QED) is 0.253. The zero-order valence-corrected chi connectivity index (χ0v) is 26.9. The van der Waals surface area contributed by atoms with Crippen LogP contribution < -0.4 is 0 Å². The molecule has 15 unspecified atom stereocenters. The van der Waals surface area contributed by atoms with Crippen molar-refractivity contribution in [2.45, 2.75) is 155 Å². The smallest absolute Gasteiger partial charge is 0.186 e. The van der Waals surface area contributed by atoms with E-state index in [1.165, 1.54) is 57.8 Å². The first-order chi connectivity index (χ1) is 19.4. The van der Waals surface area contributed by atoms with Crippen LogP contribution in [-0.4, -0.2) is 63.8 Å².